The van der Waals surface area contributed by atoms with E-state index in [1.165, 1.54) is 18.4 Å². The molecular formula is C17H24N2O2. The van der Waals surface area contributed by atoms with Crippen molar-refractivity contribution < 1.29 is 9.53 Å². The van der Waals surface area contributed by atoms with Crippen LogP contribution < -0.4 is 0 Å². The molecule has 1 saturated carbocycles. The van der Waals surface area contributed by atoms with Crippen LogP contribution in [0.25, 0.3) is 0 Å². The first-order chi connectivity index (χ1) is 10.2. The van der Waals surface area contributed by atoms with Gasteiger partial charge in [-0.2, -0.15) is 0 Å². The van der Waals surface area contributed by atoms with Gasteiger partial charge < -0.3 is 9.64 Å². The molecule has 0 unspecified atom stereocenters. The van der Waals surface area contributed by atoms with E-state index < -0.39 is 0 Å². The van der Waals surface area contributed by atoms with Crippen molar-refractivity contribution in [1.29, 1.82) is 0 Å². The second kappa shape index (κ2) is 6.58. The van der Waals surface area contributed by atoms with Gasteiger partial charge in [0.05, 0.1) is 19.3 Å². The summed E-state index contributed by atoms with van der Waals surface area (Å²) in [4.78, 5) is 16.8. The average molecular weight is 288 g/mol. The van der Waals surface area contributed by atoms with Crippen LogP contribution in [0.5, 0.6) is 0 Å². The molecule has 2 aliphatic rings. The van der Waals surface area contributed by atoms with E-state index in [1.54, 1.807) is 0 Å². The highest BCUT2D eigenvalue weighted by Gasteiger charge is 2.32. The zero-order chi connectivity index (χ0) is 14.7. The normalized spacial score (nSPS) is 22.6. The molecule has 21 heavy (non-hydrogen) atoms. The van der Waals surface area contributed by atoms with Gasteiger partial charge >= 0.3 is 0 Å². The van der Waals surface area contributed by atoms with Crippen LogP contribution in [0.4, 0.5) is 0 Å². The molecule has 114 valence electrons. The highest BCUT2D eigenvalue weighted by Crippen LogP contribution is 2.28. The Balaban J connectivity index is 1.58. The van der Waals surface area contributed by atoms with Crippen LogP contribution in [0.3, 0.4) is 0 Å². The van der Waals surface area contributed by atoms with Crippen molar-refractivity contribution in [2.45, 2.75) is 38.5 Å². The molecule has 1 aromatic carbocycles. The van der Waals surface area contributed by atoms with Gasteiger partial charge in [0.2, 0.25) is 5.91 Å². The fourth-order valence-electron chi connectivity index (χ4n) is 2.89. The molecule has 1 aromatic rings. The minimum atomic E-state index is 0.159. The van der Waals surface area contributed by atoms with Crippen molar-refractivity contribution in [2.24, 2.45) is 0 Å². The average Bonchev–Trinajstić information content (AvgIpc) is 3.32. The SMILES string of the molecule is C[C@H]1CN(C(=O)CN(Cc2ccccc2)C2CC2)CCO1. The molecule has 4 nitrogen and oxygen atoms in total. The minimum Gasteiger partial charge on any atom is -0.375 e. The number of hydrogen-bond acceptors (Lipinski definition) is 3. The summed E-state index contributed by atoms with van der Waals surface area (Å²) in [6, 6.07) is 11.0. The lowest BCUT2D eigenvalue weighted by Gasteiger charge is -2.33. The van der Waals surface area contributed by atoms with Crippen LogP contribution in [-0.2, 0) is 16.1 Å². The van der Waals surface area contributed by atoms with E-state index in [-0.39, 0.29) is 12.0 Å². The number of morpholine rings is 1. The topological polar surface area (TPSA) is 32.8 Å². The van der Waals surface area contributed by atoms with Gasteiger partial charge in [-0.05, 0) is 25.3 Å². The predicted molar refractivity (Wildman–Crippen MR) is 81.9 cm³/mol. The highest BCUT2D eigenvalue weighted by molar-refractivity contribution is 5.78. The molecule has 4 heteroatoms. The predicted octanol–water partition coefficient (Wildman–Crippen LogP) is 1.90. The number of ether oxygens (including phenoxy) is 1. The van der Waals surface area contributed by atoms with Crippen LogP contribution in [0, 0.1) is 0 Å². The fourth-order valence-corrected chi connectivity index (χ4v) is 2.89. The summed E-state index contributed by atoms with van der Waals surface area (Å²) in [5.41, 5.74) is 1.28. The standard InChI is InChI=1S/C17H24N2O2/c1-14-11-18(9-10-21-14)17(20)13-19(16-7-8-16)12-15-5-3-2-4-6-15/h2-6,14,16H,7-13H2,1H3/t14-/m0/s1. The van der Waals surface area contributed by atoms with Gasteiger partial charge in [0.1, 0.15) is 0 Å². The summed E-state index contributed by atoms with van der Waals surface area (Å²) in [6.45, 7) is 5.55. The molecule has 1 aliphatic heterocycles. The molecule has 1 saturated heterocycles. The summed E-state index contributed by atoms with van der Waals surface area (Å²) in [5, 5.41) is 0. The molecule has 1 atom stereocenters. The Hall–Kier alpha value is -1.39. The quantitative estimate of drug-likeness (QED) is 0.829. The Morgan fingerprint density at radius 3 is 2.76 bits per heavy atom. The third kappa shape index (κ3) is 4.05. The summed E-state index contributed by atoms with van der Waals surface area (Å²) in [7, 11) is 0. The first-order valence-electron chi connectivity index (χ1n) is 7.90. The maximum Gasteiger partial charge on any atom is 0.236 e. The lowest BCUT2D eigenvalue weighted by Crippen LogP contribution is -2.48. The molecule has 1 amide bonds. The molecule has 1 aliphatic carbocycles. The second-order valence-corrected chi connectivity index (χ2v) is 6.14. The van der Waals surface area contributed by atoms with E-state index in [0.29, 0.717) is 19.2 Å². The van der Waals surface area contributed by atoms with Crippen LogP contribution in [0.15, 0.2) is 30.3 Å². The van der Waals surface area contributed by atoms with Gasteiger partial charge in [0.25, 0.3) is 0 Å². The number of carbonyl (C=O) groups is 1. The maximum absolute atomic E-state index is 12.5. The zero-order valence-corrected chi connectivity index (χ0v) is 12.7. The van der Waals surface area contributed by atoms with Crippen LogP contribution in [-0.4, -0.2) is 54.1 Å². The lowest BCUT2D eigenvalue weighted by molar-refractivity contribution is -0.139. The molecule has 3 rings (SSSR count). The third-order valence-electron chi connectivity index (χ3n) is 4.22. The Morgan fingerprint density at radius 1 is 1.33 bits per heavy atom. The molecule has 0 spiro atoms. The number of hydrogen-bond donors (Lipinski definition) is 0. The maximum atomic E-state index is 12.5. The van der Waals surface area contributed by atoms with Gasteiger partial charge in [0, 0.05) is 25.7 Å². The second-order valence-electron chi connectivity index (χ2n) is 6.14. The molecule has 1 heterocycles. The molecule has 2 fully saturated rings. The minimum absolute atomic E-state index is 0.159. The molecule has 0 N–H and O–H groups in total. The summed E-state index contributed by atoms with van der Waals surface area (Å²) < 4.78 is 5.51. The smallest absolute Gasteiger partial charge is 0.236 e. The van der Waals surface area contributed by atoms with Crippen molar-refractivity contribution in [3.8, 4) is 0 Å². The van der Waals surface area contributed by atoms with Gasteiger partial charge in [-0.15, -0.1) is 0 Å². The van der Waals surface area contributed by atoms with Crippen molar-refractivity contribution in [2.75, 3.05) is 26.2 Å². The first-order valence-corrected chi connectivity index (χ1v) is 7.90. The number of amides is 1. The molecule has 0 radical (unpaired) electrons. The van der Waals surface area contributed by atoms with Crippen molar-refractivity contribution in [3.63, 3.8) is 0 Å². The van der Waals surface area contributed by atoms with Crippen molar-refractivity contribution in [1.82, 2.24) is 9.80 Å². The Labute approximate surface area is 126 Å². The van der Waals surface area contributed by atoms with E-state index >= 15 is 0 Å². The number of benzene rings is 1. The van der Waals surface area contributed by atoms with E-state index in [4.69, 9.17) is 4.74 Å². The van der Waals surface area contributed by atoms with Crippen LogP contribution >= 0.6 is 0 Å². The molecule has 0 bridgehead atoms. The van der Waals surface area contributed by atoms with E-state index in [0.717, 1.165) is 19.6 Å². The fraction of sp³-hybridized carbons (Fsp3) is 0.588. The Kier molecular flexibility index (Phi) is 4.56. The van der Waals surface area contributed by atoms with Crippen molar-refractivity contribution >= 4 is 5.91 Å². The summed E-state index contributed by atoms with van der Waals surface area (Å²) in [5.74, 6) is 0.244. The van der Waals surface area contributed by atoms with Crippen LogP contribution in [0.1, 0.15) is 25.3 Å². The largest absolute Gasteiger partial charge is 0.375 e. The van der Waals surface area contributed by atoms with E-state index in [1.807, 2.05) is 17.9 Å². The Bertz CT molecular complexity index is 473. The van der Waals surface area contributed by atoms with Gasteiger partial charge in [0.15, 0.2) is 0 Å². The molecular weight excluding hydrogens is 264 g/mol. The number of carbonyl (C=O) groups excluding carboxylic acids is 1. The number of nitrogens with zero attached hydrogens (tertiary/aromatic N) is 2. The van der Waals surface area contributed by atoms with Gasteiger partial charge in [-0.3, -0.25) is 9.69 Å². The third-order valence-corrected chi connectivity index (χ3v) is 4.22. The first kappa shape index (κ1) is 14.5. The Morgan fingerprint density at radius 2 is 2.10 bits per heavy atom. The summed E-state index contributed by atoms with van der Waals surface area (Å²) >= 11 is 0. The molecule has 0 aromatic heterocycles. The van der Waals surface area contributed by atoms with E-state index in [9.17, 15) is 4.79 Å². The van der Waals surface area contributed by atoms with Crippen LogP contribution in [0.2, 0.25) is 0 Å². The lowest BCUT2D eigenvalue weighted by atomic mass is 10.2. The summed E-state index contributed by atoms with van der Waals surface area (Å²) in [6.07, 6.45) is 2.60. The number of rotatable bonds is 5. The van der Waals surface area contributed by atoms with Gasteiger partial charge in [-0.25, -0.2) is 0 Å². The highest BCUT2D eigenvalue weighted by atomic mass is 16.5. The monoisotopic (exact) mass is 288 g/mol. The van der Waals surface area contributed by atoms with Gasteiger partial charge in [-0.1, -0.05) is 30.3 Å². The van der Waals surface area contributed by atoms with Crippen molar-refractivity contribution in [3.05, 3.63) is 35.9 Å². The zero-order valence-electron chi connectivity index (χ0n) is 12.7. The van der Waals surface area contributed by atoms with E-state index in [2.05, 4.69) is 29.2 Å².